The number of nitrogens with zero attached hydrogens (tertiary/aromatic N) is 1. The van der Waals surface area contributed by atoms with Crippen LogP contribution in [0.2, 0.25) is 5.02 Å². The Kier molecular flexibility index (Phi) is 5.60. The van der Waals surface area contributed by atoms with Crippen LogP contribution in [-0.4, -0.2) is 30.9 Å². The van der Waals surface area contributed by atoms with E-state index in [1.165, 1.54) is 0 Å². The van der Waals surface area contributed by atoms with Gasteiger partial charge in [0.2, 0.25) is 11.8 Å². The highest BCUT2D eigenvalue weighted by Crippen LogP contribution is 2.24. The summed E-state index contributed by atoms with van der Waals surface area (Å²) >= 11 is 5.89. The van der Waals surface area contributed by atoms with Gasteiger partial charge in [-0.1, -0.05) is 17.7 Å². The predicted octanol–water partition coefficient (Wildman–Crippen LogP) is 0.942. The molecule has 7 heteroatoms. The number of nitrogens with one attached hydrogen (secondary N) is 1. The Morgan fingerprint density at radius 2 is 2.26 bits per heavy atom. The summed E-state index contributed by atoms with van der Waals surface area (Å²) in [6.07, 6.45) is 0.580. The number of rotatable bonds is 3. The van der Waals surface area contributed by atoms with E-state index in [0.717, 1.165) is 5.69 Å². The summed E-state index contributed by atoms with van der Waals surface area (Å²) in [7, 11) is 0. The lowest BCUT2D eigenvalue weighted by Gasteiger charge is -2.17. The van der Waals surface area contributed by atoms with E-state index in [9.17, 15) is 9.59 Å². The van der Waals surface area contributed by atoms with Crippen LogP contribution in [0.5, 0.6) is 0 Å². The SMILES string of the molecule is Cl.NCC(=O)NC1CCN(c2cccc(Cl)c2)C1=O. The van der Waals surface area contributed by atoms with Gasteiger partial charge in [0.1, 0.15) is 6.04 Å². The van der Waals surface area contributed by atoms with Gasteiger partial charge in [-0.15, -0.1) is 12.4 Å². The largest absolute Gasteiger partial charge is 0.343 e. The summed E-state index contributed by atoms with van der Waals surface area (Å²) in [6, 6.07) is 6.60. The molecule has 1 fully saturated rings. The minimum Gasteiger partial charge on any atom is -0.343 e. The average molecular weight is 304 g/mol. The Bertz CT molecular complexity index is 482. The van der Waals surface area contributed by atoms with Crippen LogP contribution in [0, 0.1) is 0 Å². The van der Waals surface area contributed by atoms with Crippen LogP contribution in [0.1, 0.15) is 6.42 Å². The predicted molar refractivity (Wildman–Crippen MR) is 76.7 cm³/mol. The highest BCUT2D eigenvalue weighted by molar-refractivity contribution is 6.31. The molecule has 1 atom stereocenters. The molecule has 2 amide bonds. The zero-order valence-electron chi connectivity index (χ0n) is 10.1. The molecule has 104 valence electrons. The van der Waals surface area contributed by atoms with Crippen molar-refractivity contribution in [3.05, 3.63) is 29.3 Å². The van der Waals surface area contributed by atoms with E-state index in [1.807, 2.05) is 6.07 Å². The number of anilines is 1. The van der Waals surface area contributed by atoms with E-state index in [2.05, 4.69) is 5.32 Å². The minimum atomic E-state index is -0.486. The molecule has 1 aromatic rings. The summed E-state index contributed by atoms with van der Waals surface area (Å²) in [6.45, 7) is 0.454. The molecule has 0 aliphatic carbocycles. The Balaban J connectivity index is 0.00000180. The molecule has 0 spiro atoms. The number of carbonyl (C=O) groups is 2. The summed E-state index contributed by atoms with van der Waals surface area (Å²) < 4.78 is 0. The lowest BCUT2D eigenvalue weighted by molar-refractivity contribution is -0.125. The lowest BCUT2D eigenvalue weighted by atomic mass is 10.2. The smallest absolute Gasteiger partial charge is 0.249 e. The van der Waals surface area contributed by atoms with Crippen LogP contribution >= 0.6 is 24.0 Å². The summed E-state index contributed by atoms with van der Waals surface area (Å²) in [5, 5.41) is 3.18. The van der Waals surface area contributed by atoms with Gasteiger partial charge in [-0.05, 0) is 24.6 Å². The van der Waals surface area contributed by atoms with Gasteiger partial charge in [-0.2, -0.15) is 0 Å². The molecule has 0 saturated carbocycles. The molecular formula is C12H15Cl2N3O2. The minimum absolute atomic E-state index is 0. The van der Waals surface area contributed by atoms with E-state index in [0.29, 0.717) is 18.0 Å². The maximum absolute atomic E-state index is 12.1. The number of halogens is 2. The first-order chi connectivity index (χ1) is 8.61. The van der Waals surface area contributed by atoms with Crippen LogP contribution in [0.4, 0.5) is 5.69 Å². The molecule has 0 bridgehead atoms. The van der Waals surface area contributed by atoms with Crippen molar-refractivity contribution < 1.29 is 9.59 Å². The fourth-order valence-corrected chi connectivity index (χ4v) is 2.15. The van der Waals surface area contributed by atoms with E-state index >= 15 is 0 Å². The molecule has 1 saturated heterocycles. The molecule has 0 aromatic heterocycles. The lowest BCUT2D eigenvalue weighted by Crippen LogP contribution is -2.43. The molecule has 1 unspecified atom stereocenters. The van der Waals surface area contributed by atoms with Crippen LogP contribution in [0.25, 0.3) is 0 Å². The standard InChI is InChI=1S/C12H14ClN3O2.ClH/c13-8-2-1-3-9(6-8)16-5-4-10(12(16)18)15-11(17)7-14;/h1-3,6,10H,4-5,7,14H2,(H,15,17);1H. The van der Waals surface area contributed by atoms with E-state index in [1.54, 1.807) is 23.1 Å². The Morgan fingerprint density at radius 1 is 1.53 bits per heavy atom. The number of amides is 2. The summed E-state index contributed by atoms with van der Waals surface area (Å²) in [5.41, 5.74) is 5.95. The van der Waals surface area contributed by atoms with Gasteiger partial charge in [0.15, 0.2) is 0 Å². The van der Waals surface area contributed by atoms with E-state index in [4.69, 9.17) is 17.3 Å². The fraction of sp³-hybridized carbons (Fsp3) is 0.333. The molecule has 1 aliphatic heterocycles. The molecule has 3 N–H and O–H groups in total. The van der Waals surface area contributed by atoms with Crippen molar-refractivity contribution in [3.63, 3.8) is 0 Å². The van der Waals surface area contributed by atoms with Crippen molar-refractivity contribution in [2.24, 2.45) is 5.73 Å². The molecule has 2 rings (SSSR count). The molecule has 1 aromatic carbocycles. The Labute approximate surface area is 122 Å². The summed E-state index contributed by atoms with van der Waals surface area (Å²) in [4.78, 5) is 24.9. The van der Waals surface area contributed by atoms with Crippen molar-refractivity contribution in [1.29, 1.82) is 0 Å². The molecular weight excluding hydrogens is 289 g/mol. The van der Waals surface area contributed by atoms with Crippen molar-refractivity contribution in [3.8, 4) is 0 Å². The Hall–Kier alpha value is -1.30. The third-order valence-corrected chi connectivity index (χ3v) is 3.08. The quantitative estimate of drug-likeness (QED) is 0.873. The molecule has 5 nitrogen and oxygen atoms in total. The number of benzene rings is 1. The number of hydrogen-bond donors (Lipinski definition) is 2. The average Bonchev–Trinajstić information content (AvgIpc) is 2.71. The van der Waals surface area contributed by atoms with Crippen molar-refractivity contribution in [2.45, 2.75) is 12.5 Å². The third kappa shape index (κ3) is 3.59. The van der Waals surface area contributed by atoms with Crippen LogP contribution in [-0.2, 0) is 9.59 Å². The first-order valence-corrected chi connectivity index (χ1v) is 6.06. The number of hydrogen-bond acceptors (Lipinski definition) is 3. The topological polar surface area (TPSA) is 75.4 Å². The van der Waals surface area contributed by atoms with Gasteiger partial charge in [-0.3, -0.25) is 9.59 Å². The first kappa shape index (κ1) is 15.8. The fourth-order valence-electron chi connectivity index (χ4n) is 1.97. The first-order valence-electron chi connectivity index (χ1n) is 5.68. The Morgan fingerprint density at radius 3 is 2.89 bits per heavy atom. The molecule has 1 heterocycles. The third-order valence-electron chi connectivity index (χ3n) is 2.85. The maximum atomic E-state index is 12.1. The van der Waals surface area contributed by atoms with Crippen LogP contribution in [0.15, 0.2) is 24.3 Å². The zero-order valence-corrected chi connectivity index (χ0v) is 11.7. The second-order valence-corrected chi connectivity index (χ2v) is 4.52. The van der Waals surface area contributed by atoms with Crippen molar-refractivity contribution in [2.75, 3.05) is 18.0 Å². The second-order valence-electron chi connectivity index (χ2n) is 4.08. The van der Waals surface area contributed by atoms with Gasteiger partial charge >= 0.3 is 0 Å². The van der Waals surface area contributed by atoms with Crippen LogP contribution in [0.3, 0.4) is 0 Å². The van der Waals surface area contributed by atoms with Gasteiger partial charge in [-0.25, -0.2) is 0 Å². The zero-order chi connectivity index (χ0) is 13.1. The molecule has 0 radical (unpaired) electrons. The second kappa shape index (κ2) is 6.75. The van der Waals surface area contributed by atoms with Crippen LogP contribution < -0.4 is 16.0 Å². The monoisotopic (exact) mass is 303 g/mol. The van der Waals surface area contributed by atoms with E-state index < -0.39 is 6.04 Å². The van der Waals surface area contributed by atoms with Crippen molar-refractivity contribution >= 4 is 41.5 Å². The molecule has 19 heavy (non-hydrogen) atoms. The highest BCUT2D eigenvalue weighted by Gasteiger charge is 2.33. The van der Waals surface area contributed by atoms with Gasteiger partial charge in [0.05, 0.1) is 6.54 Å². The van der Waals surface area contributed by atoms with Crippen molar-refractivity contribution in [1.82, 2.24) is 5.32 Å². The number of nitrogens with two attached hydrogens (primary N) is 1. The van der Waals surface area contributed by atoms with Gasteiger partial charge in [0.25, 0.3) is 0 Å². The van der Waals surface area contributed by atoms with Gasteiger partial charge in [0, 0.05) is 17.3 Å². The highest BCUT2D eigenvalue weighted by atomic mass is 35.5. The molecule has 1 aliphatic rings. The maximum Gasteiger partial charge on any atom is 0.249 e. The number of carbonyl (C=O) groups excluding carboxylic acids is 2. The van der Waals surface area contributed by atoms with Gasteiger partial charge < -0.3 is 16.0 Å². The normalized spacial score (nSPS) is 18.1. The summed E-state index contributed by atoms with van der Waals surface area (Å²) in [5.74, 6) is -0.444. The van der Waals surface area contributed by atoms with E-state index in [-0.39, 0.29) is 30.8 Å².